The van der Waals surface area contributed by atoms with Crippen molar-refractivity contribution in [2.24, 2.45) is 0 Å². The van der Waals surface area contributed by atoms with Gasteiger partial charge in [-0.25, -0.2) is 0 Å². The van der Waals surface area contributed by atoms with Crippen LogP contribution in [0.2, 0.25) is 0 Å². The molecule has 2 aliphatic heterocycles. The number of rotatable bonds is 6. The van der Waals surface area contributed by atoms with Gasteiger partial charge >= 0.3 is 5.97 Å². The lowest BCUT2D eigenvalue weighted by Crippen LogP contribution is -2.45. The summed E-state index contributed by atoms with van der Waals surface area (Å²) in [6.07, 6.45) is 8.98. The number of carbonyl (C=O) groups is 1. The van der Waals surface area contributed by atoms with Gasteiger partial charge in [0.1, 0.15) is 0 Å². The van der Waals surface area contributed by atoms with Gasteiger partial charge in [-0.15, -0.1) is 0 Å². The summed E-state index contributed by atoms with van der Waals surface area (Å²) < 4.78 is 0. The molecule has 0 aromatic rings. The summed E-state index contributed by atoms with van der Waals surface area (Å²) in [6, 6.07) is 0.509. The fourth-order valence-corrected chi connectivity index (χ4v) is 3.42. The number of carboxylic acid groups (broad SMARTS) is 1. The predicted octanol–water partition coefficient (Wildman–Crippen LogP) is 2.19. The van der Waals surface area contributed by atoms with Crippen LogP contribution < -0.4 is 0 Å². The summed E-state index contributed by atoms with van der Waals surface area (Å²) in [6.45, 7) is 5.98. The highest BCUT2D eigenvalue weighted by atomic mass is 16.4. The van der Waals surface area contributed by atoms with Crippen molar-refractivity contribution < 1.29 is 9.90 Å². The number of likely N-dealkylation sites (tertiary alicyclic amines) is 2. The quantitative estimate of drug-likeness (QED) is 0.802. The largest absolute Gasteiger partial charge is 0.481 e. The molecule has 2 heterocycles. The maximum atomic E-state index is 10.7. The molecule has 4 nitrogen and oxygen atoms in total. The van der Waals surface area contributed by atoms with Crippen LogP contribution in [0.15, 0.2) is 0 Å². The standard InChI is InChI=1S/C15H28N2O2/c18-15(19)8-7-14-6-2-5-11-17(14)13-12-16-9-3-1-4-10-16/h14H,1-13H2,(H,18,19). The fraction of sp³-hybridized carbons (Fsp3) is 0.933. The highest BCUT2D eigenvalue weighted by molar-refractivity contribution is 5.66. The molecule has 0 saturated carbocycles. The van der Waals surface area contributed by atoms with Gasteiger partial charge < -0.3 is 10.0 Å². The highest BCUT2D eigenvalue weighted by Crippen LogP contribution is 2.21. The van der Waals surface area contributed by atoms with Gasteiger partial charge in [-0.2, -0.15) is 0 Å². The number of nitrogens with zero attached hydrogens (tertiary/aromatic N) is 2. The Bertz CT molecular complexity index is 277. The van der Waals surface area contributed by atoms with Gasteiger partial charge in [-0.05, 0) is 51.7 Å². The molecule has 1 unspecified atom stereocenters. The van der Waals surface area contributed by atoms with Crippen LogP contribution in [0, 0.1) is 0 Å². The van der Waals surface area contributed by atoms with Gasteiger partial charge in [0, 0.05) is 25.6 Å². The zero-order valence-electron chi connectivity index (χ0n) is 12.0. The van der Waals surface area contributed by atoms with Crippen LogP contribution in [0.4, 0.5) is 0 Å². The Morgan fingerprint density at radius 3 is 2.47 bits per heavy atom. The van der Waals surface area contributed by atoms with Gasteiger partial charge in [-0.3, -0.25) is 9.69 Å². The van der Waals surface area contributed by atoms with E-state index < -0.39 is 5.97 Å². The molecule has 2 rings (SSSR count). The van der Waals surface area contributed by atoms with E-state index in [4.69, 9.17) is 5.11 Å². The molecule has 1 atom stereocenters. The fourth-order valence-electron chi connectivity index (χ4n) is 3.42. The molecule has 0 aromatic carbocycles. The summed E-state index contributed by atoms with van der Waals surface area (Å²) in [5.41, 5.74) is 0. The van der Waals surface area contributed by atoms with Crippen molar-refractivity contribution in [2.45, 2.75) is 57.4 Å². The Morgan fingerprint density at radius 2 is 1.74 bits per heavy atom. The molecule has 19 heavy (non-hydrogen) atoms. The molecule has 1 N–H and O–H groups in total. The summed E-state index contributed by atoms with van der Waals surface area (Å²) in [5, 5.41) is 8.84. The first-order chi connectivity index (χ1) is 9.25. The van der Waals surface area contributed by atoms with E-state index in [1.807, 2.05) is 0 Å². The Kier molecular flexibility index (Phi) is 6.11. The Labute approximate surface area is 116 Å². The summed E-state index contributed by atoms with van der Waals surface area (Å²) in [4.78, 5) is 15.8. The second-order valence-corrected chi connectivity index (χ2v) is 6.02. The molecule has 0 aromatic heterocycles. The van der Waals surface area contributed by atoms with E-state index in [0.717, 1.165) is 19.5 Å². The van der Waals surface area contributed by atoms with Crippen LogP contribution in [0.1, 0.15) is 51.4 Å². The Hall–Kier alpha value is -0.610. The number of piperidine rings is 2. The molecule has 0 spiro atoms. The molecule has 110 valence electrons. The molecule has 2 fully saturated rings. The van der Waals surface area contributed by atoms with Crippen molar-refractivity contribution in [2.75, 3.05) is 32.7 Å². The average Bonchev–Trinajstić information content (AvgIpc) is 2.45. The molecule has 2 aliphatic rings. The first-order valence-electron chi connectivity index (χ1n) is 7.94. The van der Waals surface area contributed by atoms with Gasteiger partial charge in [0.2, 0.25) is 0 Å². The molecular formula is C15H28N2O2. The van der Waals surface area contributed by atoms with E-state index in [1.165, 1.54) is 58.2 Å². The molecule has 0 radical (unpaired) electrons. The van der Waals surface area contributed by atoms with Crippen molar-refractivity contribution in [3.8, 4) is 0 Å². The van der Waals surface area contributed by atoms with Crippen molar-refractivity contribution in [1.82, 2.24) is 9.80 Å². The van der Waals surface area contributed by atoms with Crippen molar-refractivity contribution >= 4 is 5.97 Å². The number of hydrogen-bond donors (Lipinski definition) is 1. The average molecular weight is 268 g/mol. The zero-order chi connectivity index (χ0) is 13.5. The van der Waals surface area contributed by atoms with E-state index in [9.17, 15) is 4.79 Å². The maximum absolute atomic E-state index is 10.7. The van der Waals surface area contributed by atoms with E-state index >= 15 is 0 Å². The van der Waals surface area contributed by atoms with E-state index in [-0.39, 0.29) is 0 Å². The van der Waals surface area contributed by atoms with E-state index in [2.05, 4.69) is 9.80 Å². The minimum atomic E-state index is -0.651. The lowest BCUT2D eigenvalue weighted by atomic mass is 9.98. The lowest BCUT2D eigenvalue weighted by molar-refractivity contribution is -0.137. The van der Waals surface area contributed by atoms with E-state index in [1.54, 1.807) is 0 Å². The summed E-state index contributed by atoms with van der Waals surface area (Å²) in [5.74, 6) is -0.651. The second kappa shape index (κ2) is 7.85. The van der Waals surface area contributed by atoms with Crippen molar-refractivity contribution in [3.05, 3.63) is 0 Å². The molecular weight excluding hydrogens is 240 g/mol. The number of aliphatic carboxylic acids is 1. The van der Waals surface area contributed by atoms with Crippen molar-refractivity contribution in [3.63, 3.8) is 0 Å². The third kappa shape index (κ3) is 5.11. The predicted molar refractivity (Wildman–Crippen MR) is 76.4 cm³/mol. The van der Waals surface area contributed by atoms with Crippen LogP contribution in [0.5, 0.6) is 0 Å². The van der Waals surface area contributed by atoms with Crippen LogP contribution >= 0.6 is 0 Å². The minimum Gasteiger partial charge on any atom is -0.481 e. The summed E-state index contributed by atoms with van der Waals surface area (Å²) >= 11 is 0. The van der Waals surface area contributed by atoms with Crippen LogP contribution in [-0.4, -0.2) is 59.6 Å². The normalized spacial score (nSPS) is 26.4. The van der Waals surface area contributed by atoms with Crippen LogP contribution in [0.25, 0.3) is 0 Å². The smallest absolute Gasteiger partial charge is 0.303 e. The second-order valence-electron chi connectivity index (χ2n) is 6.02. The zero-order valence-corrected chi connectivity index (χ0v) is 12.0. The van der Waals surface area contributed by atoms with Crippen LogP contribution in [-0.2, 0) is 4.79 Å². The molecule has 0 aliphatic carbocycles. The van der Waals surface area contributed by atoms with E-state index in [0.29, 0.717) is 12.5 Å². The number of hydrogen-bond acceptors (Lipinski definition) is 3. The minimum absolute atomic E-state index is 0.324. The molecule has 0 bridgehead atoms. The lowest BCUT2D eigenvalue weighted by Gasteiger charge is -2.37. The summed E-state index contributed by atoms with van der Waals surface area (Å²) in [7, 11) is 0. The van der Waals surface area contributed by atoms with Gasteiger partial charge in [-0.1, -0.05) is 12.8 Å². The van der Waals surface area contributed by atoms with Gasteiger partial charge in [0.15, 0.2) is 0 Å². The highest BCUT2D eigenvalue weighted by Gasteiger charge is 2.23. The molecule has 0 amide bonds. The van der Waals surface area contributed by atoms with Gasteiger partial charge in [0.25, 0.3) is 0 Å². The Balaban J connectivity index is 1.73. The number of carboxylic acids is 1. The monoisotopic (exact) mass is 268 g/mol. The SMILES string of the molecule is O=C(O)CCC1CCCCN1CCN1CCCCC1. The maximum Gasteiger partial charge on any atom is 0.303 e. The van der Waals surface area contributed by atoms with Crippen molar-refractivity contribution in [1.29, 1.82) is 0 Å². The third-order valence-electron chi connectivity index (χ3n) is 4.59. The third-order valence-corrected chi connectivity index (χ3v) is 4.59. The Morgan fingerprint density at radius 1 is 1.00 bits per heavy atom. The van der Waals surface area contributed by atoms with Gasteiger partial charge in [0.05, 0.1) is 0 Å². The first-order valence-corrected chi connectivity index (χ1v) is 7.94. The molecule has 4 heteroatoms. The topological polar surface area (TPSA) is 43.8 Å². The van der Waals surface area contributed by atoms with Crippen LogP contribution in [0.3, 0.4) is 0 Å². The molecule has 2 saturated heterocycles. The first kappa shape index (κ1) is 14.8.